The van der Waals surface area contributed by atoms with Gasteiger partial charge in [-0.2, -0.15) is 0 Å². The van der Waals surface area contributed by atoms with Gasteiger partial charge in [-0.15, -0.1) is 0 Å². The SMILES string of the molecule is CC1(C)CC(CCn2cnc(N3CCC(O)CC3)cc2=O)CO1. The molecule has 1 unspecified atom stereocenters. The second-order valence-corrected chi connectivity index (χ2v) is 7.43. The Kier molecular flexibility index (Phi) is 4.73. The van der Waals surface area contributed by atoms with Gasteiger partial charge < -0.3 is 14.7 Å². The normalized spacial score (nSPS) is 25.0. The van der Waals surface area contributed by atoms with Gasteiger partial charge in [-0.1, -0.05) is 0 Å². The van der Waals surface area contributed by atoms with Crippen LogP contribution in [-0.2, 0) is 11.3 Å². The van der Waals surface area contributed by atoms with Gasteiger partial charge in [0.2, 0.25) is 0 Å². The number of hydrogen-bond acceptors (Lipinski definition) is 5. The maximum Gasteiger partial charge on any atom is 0.255 e. The molecule has 1 aromatic heterocycles. The van der Waals surface area contributed by atoms with Crippen molar-refractivity contribution < 1.29 is 9.84 Å². The van der Waals surface area contributed by atoms with Crippen LogP contribution >= 0.6 is 0 Å². The quantitative estimate of drug-likeness (QED) is 0.908. The highest BCUT2D eigenvalue weighted by Gasteiger charge is 2.31. The molecule has 23 heavy (non-hydrogen) atoms. The molecular weight excluding hydrogens is 294 g/mol. The van der Waals surface area contributed by atoms with E-state index in [1.54, 1.807) is 17.0 Å². The minimum Gasteiger partial charge on any atom is -0.393 e. The maximum absolute atomic E-state index is 12.3. The summed E-state index contributed by atoms with van der Waals surface area (Å²) in [7, 11) is 0. The summed E-state index contributed by atoms with van der Waals surface area (Å²) in [5, 5.41) is 9.56. The Morgan fingerprint density at radius 1 is 1.39 bits per heavy atom. The Hall–Kier alpha value is -1.40. The molecule has 3 heterocycles. The van der Waals surface area contributed by atoms with Crippen molar-refractivity contribution in [3.63, 3.8) is 0 Å². The minimum absolute atomic E-state index is 0.000651. The number of aliphatic hydroxyl groups excluding tert-OH is 1. The molecule has 0 aliphatic carbocycles. The predicted molar refractivity (Wildman–Crippen MR) is 88.7 cm³/mol. The van der Waals surface area contributed by atoms with E-state index in [1.165, 1.54) is 0 Å². The molecule has 1 atom stereocenters. The molecule has 0 amide bonds. The van der Waals surface area contributed by atoms with Gasteiger partial charge in [-0.25, -0.2) is 4.98 Å². The molecule has 2 aliphatic heterocycles. The van der Waals surface area contributed by atoms with Crippen LogP contribution in [0.1, 0.15) is 39.5 Å². The van der Waals surface area contributed by atoms with Crippen molar-refractivity contribution in [3.05, 3.63) is 22.7 Å². The zero-order chi connectivity index (χ0) is 16.4. The van der Waals surface area contributed by atoms with Gasteiger partial charge in [0.15, 0.2) is 0 Å². The van der Waals surface area contributed by atoms with E-state index in [-0.39, 0.29) is 17.3 Å². The minimum atomic E-state index is -0.218. The van der Waals surface area contributed by atoms with Gasteiger partial charge in [0.1, 0.15) is 5.82 Å². The number of hydrogen-bond donors (Lipinski definition) is 1. The lowest BCUT2D eigenvalue weighted by atomic mass is 9.95. The van der Waals surface area contributed by atoms with Crippen molar-refractivity contribution in [2.75, 3.05) is 24.6 Å². The largest absolute Gasteiger partial charge is 0.393 e. The van der Waals surface area contributed by atoms with Crippen LogP contribution < -0.4 is 10.5 Å². The van der Waals surface area contributed by atoms with E-state index in [0.29, 0.717) is 12.5 Å². The number of aromatic nitrogens is 2. The van der Waals surface area contributed by atoms with E-state index in [1.807, 2.05) is 0 Å². The number of aryl methyl sites for hydroxylation is 1. The highest BCUT2D eigenvalue weighted by Crippen LogP contribution is 2.31. The molecule has 0 spiro atoms. The van der Waals surface area contributed by atoms with E-state index >= 15 is 0 Å². The van der Waals surface area contributed by atoms with E-state index < -0.39 is 0 Å². The topological polar surface area (TPSA) is 67.6 Å². The first kappa shape index (κ1) is 16.5. The van der Waals surface area contributed by atoms with Gasteiger partial charge in [0.05, 0.1) is 24.6 Å². The van der Waals surface area contributed by atoms with Gasteiger partial charge in [0, 0.05) is 25.7 Å². The summed E-state index contributed by atoms with van der Waals surface area (Å²) >= 11 is 0. The Balaban J connectivity index is 1.58. The summed E-state index contributed by atoms with van der Waals surface area (Å²) in [5.74, 6) is 1.24. The van der Waals surface area contributed by atoms with Crippen molar-refractivity contribution in [3.8, 4) is 0 Å². The highest BCUT2D eigenvalue weighted by atomic mass is 16.5. The lowest BCUT2D eigenvalue weighted by Gasteiger charge is -2.30. The Morgan fingerprint density at radius 2 is 2.13 bits per heavy atom. The third-order valence-electron chi connectivity index (χ3n) is 4.92. The summed E-state index contributed by atoms with van der Waals surface area (Å²) in [6.07, 6.45) is 4.90. The van der Waals surface area contributed by atoms with Gasteiger partial charge in [-0.05, 0) is 45.4 Å². The van der Waals surface area contributed by atoms with Crippen LogP contribution in [-0.4, -0.2) is 46.1 Å². The summed E-state index contributed by atoms with van der Waals surface area (Å²) in [6.45, 7) is 7.21. The second kappa shape index (κ2) is 6.61. The van der Waals surface area contributed by atoms with E-state index in [0.717, 1.165) is 51.2 Å². The van der Waals surface area contributed by atoms with Crippen molar-refractivity contribution in [1.29, 1.82) is 0 Å². The first-order valence-electron chi connectivity index (χ1n) is 8.56. The molecule has 0 saturated carbocycles. The Bertz CT molecular complexity index is 591. The number of piperidine rings is 1. The van der Waals surface area contributed by atoms with E-state index in [9.17, 15) is 9.90 Å². The standard InChI is InChI=1S/C17H27N3O3/c1-17(2)10-13(11-23-17)3-6-20-12-18-15(9-16(20)22)19-7-4-14(21)5-8-19/h9,12-14,21H,3-8,10-11H2,1-2H3. The Morgan fingerprint density at radius 3 is 2.74 bits per heavy atom. The van der Waals surface area contributed by atoms with Crippen LogP contribution in [0.5, 0.6) is 0 Å². The van der Waals surface area contributed by atoms with Crippen molar-refractivity contribution in [1.82, 2.24) is 9.55 Å². The summed E-state index contributed by atoms with van der Waals surface area (Å²) in [5.41, 5.74) is -0.0318. The lowest BCUT2D eigenvalue weighted by Crippen LogP contribution is -2.37. The van der Waals surface area contributed by atoms with Gasteiger partial charge in [0.25, 0.3) is 5.56 Å². The van der Waals surface area contributed by atoms with Crippen LogP contribution in [0.2, 0.25) is 0 Å². The number of nitrogens with zero attached hydrogens (tertiary/aromatic N) is 3. The number of rotatable bonds is 4. The highest BCUT2D eigenvalue weighted by molar-refractivity contribution is 5.37. The van der Waals surface area contributed by atoms with Crippen LogP contribution in [0, 0.1) is 5.92 Å². The zero-order valence-corrected chi connectivity index (χ0v) is 14.1. The first-order valence-corrected chi connectivity index (χ1v) is 8.56. The molecule has 2 saturated heterocycles. The van der Waals surface area contributed by atoms with Gasteiger partial charge in [-0.3, -0.25) is 9.36 Å². The van der Waals surface area contributed by atoms with Crippen molar-refractivity contribution in [2.24, 2.45) is 5.92 Å². The van der Waals surface area contributed by atoms with Crippen molar-refractivity contribution >= 4 is 5.82 Å². The molecule has 0 aromatic carbocycles. The van der Waals surface area contributed by atoms with Crippen LogP contribution in [0.3, 0.4) is 0 Å². The average Bonchev–Trinajstić information content (AvgIpc) is 2.86. The lowest BCUT2D eigenvalue weighted by molar-refractivity contribution is 0.0348. The maximum atomic E-state index is 12.3. The fourth-order valence-electron chi connectivity index (χ4n) is 3.52. The molecule has 2 aliphatic rings. The van der Waals surface area contributed by atoms with Crippen molar-refractivity contribution in [2.45, 2.75) is 57.8 Å². The molecule has 0 radical (unpaired) electrons. The second-order valence-electron chi connectivity index (χ2n) is 7.43. The summed E-state index contributed by atoms with van der Waals surface area (Å²) < 4.78 is 7.44. The van der Waals surface area contributed by atoms with E-state index in [4.69, 9.17) is 4.74 Å². The number of aliphatic hydroxyl groups is 1. The predicted octanol–water partition coefficient (Wildman–Crippen LogP) is 1.41. The molecule has 128 valence electrons. The monoisotopic (exact) mass is 321 g/mol. The number of ether oxygens (including phenoxy) is 1. The molecule has 0 bridgehead atoms. The van der Waals surface area contributed by atoms with Crippen LogP contribution in [0.25, 0.3) is 0 Å². The molecule has 1 aromatic rings. The molecule has 1 N–H and O–H groups in total. The fraction of sp³-hybridized carbons (Fsp3) is 0.765. The Labute approximate surface area is 137 Å². The summed E-state index contributed by atoms with van der Waals surface area (Å²) in [4.78, 5) is 18.8. The molecule has 3 rings (SSSR count). The molecule has 6 heteroatoms. The first-order chi connectivity index (χ1) is 10.9. The van der Waals surface area contributed by atoms with E-state index in [2.05, 4.69) is 23.7 Å². The smallest absolute Gasteiger partial charge is 0.255 e. The third-order valence-corrected chi connectivity index (χ3v) is 4.92. The molecule has 2 fully saturated rings. The van der Waals surface area contributed by atoms with Gasteiger partial charge >= 0.3 is 0 Å². The average molecular weight is 321 g/mol. The van der Waals surface area contributed by atoms with Crippen LogP contribution in [0.15, 0.2) is 17.2 Å². The number of anilines is 1. The molecule has 6 nitrogen and oxygen atoms in total. The molecular formula is C17H27N3O3. The zero-order valence-electron chi connectivity index (χ0n) is 14.1. The summed E-state index contributed by atoms with van der Waals surface area (Å²) in [6, 6.07) is 1.62. The van der Waals surface area contributed by atoms with Crippen LogP contribution in [0.4, 0.5) is 5.82 Å². The third kappa shape index (κ3) is 4.12. The fourth-order valence-corrected chi connectivity index (χ4v) is 3.52.